The third kappa shape index (κ3) is 3.53. The summed E-state index contributed by atoms with van der Waals surface area (Å²) in [6.07, 6.45) is 3.47. The normalized spacial score (nSPS) is 13.6. The molecule has 2 aromatic rings. The van der Waals surface area contributed by atoms with Gasteiger partial charge >= 0.3 is 0 Å². The number of rotatable bonds is 4. The highest BCUT2D eigenvalue weighted by Gasteiger charge is 2.19. The van der Waals surface area contributed by atoms with E-state index in [1.165, 1.54) is 18.6 Å². The summed E-state index contributed by atoms with van der Waals surface area (Å²) >= 11 is 5.79. The number of hydrogen-bond donors (Lipinski definition) is 2. The first-order chi connectivity index (χ1) is 9.58. The Morgan fingerprint density at radius 2 is 2.00 bits per heavy atom. The second-order valence-electron chi connectivity index (χ2n) is 4.35. The summed E-state index contributed by atoms with van der Waals surface area (Å²) in [5.74, 6) is -0.376. The summed E-state index contributed by atoms with van der Waals surface area (Å²) in [6.45, 7) is 1.72. The van der Waals surface area contributed by atoms with Crippen molar-refractivity contribution >= 4 is 17.5 Å². The van der Waals surface area contributed by atoms with Gasteiger partial charge in [0.05, 0.1) is 18.3 Å². The second kappa shape index (κ2) is 6.45. The van der Waals surface area contributed by atoms with Crippen LogP contribution in [-0.2, 0) is 0 Å². The van der Waals surface area contributed by atoms with Crippen molar-refractivity contribution < 1.29 is 9.90 Å². The van der Waals surface area contributed by atoms with Gasteiger partial charge in [-0.2, -0.15) is 0 Å². The summed E-state index contributed by atoms with van der Waals surface area (Å²) in [4.78, 5) is 19.6. The number of aliphatic hydroxyl groups excluding tert-OH is 1. The number of nitrogens with zero attached hydrogens (tertiary/aromatic N) is 2. The van der Waals surface area contributed by atoms with Crippen LogP contribution in [0.1, 0.15) is 29.1 Å². The van der Waals surface area contributed by atoms with Gasteiger partial charge in [-0.25, -0.2) is 4.98 Å². The van der Waals surface area contributed by atoms with Crippen LogP contribution in [0.2, 0.25) is 5.02 Å². The van der Waals surface area contributed by atoms with Crippen molar-refractivity contribution in [1.29, 1.82) is 0 Å². The van der Waals surface area contributed by atoms with Crippen molar-refractivity contribution in [3.8, 4) is 0 Å². The molecule has 2 N–H and O–H groups in total. The number of aliphatic hydroxyl groups is 1. The maximum absolute atomic E-state index is 11.9. The highest BCUT2D eigenvalue weighted by atomic mass is 35.5. The summed E-state index contributed by atoms with van der Waals surface area (Å²) in [5.41, 5.74) is 0.893. The Balaban J connectivity index is 2.02. The molecule has 0 spiro atoms. The van der Waals surface area contributed by atoms with Crippen LogP contribution in [0.4, 0.5) is 0 Å². The molecule has 5 nitrogen and oxygen atoms in total. The van der Waals surface area contributed by atoms with Crippen LogP contribution >= 0.6 is 11.6 Å². The quantitative estimate of drug-likeness (QED) is 0.903. The Hall–Kier alpha value is -1.98. The third-order valence-corrected chi connectivity index (χ3v) is 3.09. The Labute approximate surface area is 121 Å². The first kappa shape index (κ1) is 14.4. The van der Waals surface area contributed by atoms with Crippen LogP contribution in [0.15, 0.2) is 42.9 Å². The lowest BCUT2D eigenvalue weighted by molar-refractivity contribution is 0.0847. The van der Waals surface area contributed by atoms with E-state index in [4.69, 9.17) is 11.6 Å². The smallest absolute Gasteiger partial charge is 0.271 e. The number of carbonyl (C=O) groups is 1. The number of amides is 1. The molecule has 2 unspecified atom stereocenters. The predicted molar refractivity (Wildman–Crippen MR) is 75.4 cm³/mol. The van der Waals surface area contributed by atoms with Gasteiger partial charge in [-0.15, -0.1) is 0 Å². The molecule has 0 aliphatic rings. The number of halogens is 1. The fourth-order valence-corrected chi connectivity index (χ4v) is 1.85. The molecule has 20 heavy (non-hydrogen) atoms. The molecule has 1 amide bonds. The third-order valence-electron chi connectivity index (χ3n) is 2.84. The molecule has 0 fully saturated rings. The van der Waals surface area contributed by atoms with E-state index in [2.05, 4.69) is 15.3 Å². The maximum Gasteiger partial charge on any atom is 0.271 e. The van der Waals surface area contributed by atoms with Crippen molar-refractivity contribution in [2.75, 3.05) is 0 Å². The van der Waals surface area contributed by atoms with Crippen molar-refractivity contribution in [3.05, 3.63) is 59.1 Å². The predicted octanol–water partition coefficient (Wildman–Crippen LogP) is 1.98. The fourth-order valence-electron chi connectivity index (χ4n) is 1.72. The largest absolute Gasteiger partial charge is 0.386 e. The second-order valence-corrected chi connectivity index (χ2v) is 4.79. The molecular formula is C14H14ClN3O2. The molecule has 0 aliphatic heterocycles. The van der Waals surface area contributed by atoms with Gasteiger partial charge in [0.15, 0.2) is 0 Å². The van der Waals surface area contributed by atoms with Gasteiger partial charge in [-0.1, -0.05) is 23.7 Å². The number of aromatic nitrogens is 2. The zero-order valence-electron chi connectivity index (χ0n) is 10.8. The average Bonchev–Trinajstić information content (AvgIpc) is 2.48. The minimum Gasteiger partial charge on any atom is -0.386 e. The van der Waals surface area contributed by atoms with Gasteiger partial charge in [0, 0.05) is 17.4 Å². The Morgan fingerprint density at radius 1 is 1.30 bits per heavy atom. The highest BCUT2D eigenvalue weighted by Crippen LogP contribution is 2.19. The molecule has 0 aliphatic carbocycles. The zero-order chi connectivity index (χ0) is 14.5. The van der Waals surface area contributed by atoms with Gasteiger partial charge in [0.25, 0.3) is 5.91 Å². The van der Waals surface area contributed by atoms with Crippen LogP contribution in [0, 0.1) is 0 Å². The first-order valence-corrected chi connectivity index (χ1v) is 6.46. The van der Waals surface area contributed by atoms with Crippen molar-refractivity contribution in [2.45, 2.75) is 19.1 Å². The number of carbonyl (C=O) groups excluding carboxylic acids is 1. The van der Waals surface area contributed by atoms with Crippen LogP contribution in [0.3, 0.4) is 0 Å². The Bertz CT molecular complexity index is 575. The molecule has 0 saturated heterocycles. The minimum absolute atomic E-state index is 0.211. The maximum atomic E-state index is 11.9. The van der Waals surface area contributed by atoms with E-state index >= 15 is 0 Å². The monoisotopic (exact) mass is 291 g/mol. The molecular weight excluding hydrogens is 278 g/mol. The topological polar surface area (TPSA) is 75.1 Å². The number of nitrogens with one attached hydrogen (secondary N) is 1. The van der Waals surface area contributed by atoms with Crippen LogP contribution in [-0.4, -0.2) is 27.0 Å². The van der Waals surface area contributed by atoms with E-state index in [9.17, 15) is 9.90 Å². The number of benzene rings is 1. The van der Waals surface area contributed by atoms with Crippen molar-refractivity contribution in [1.82, 2.24) is 15.3 Å². The lowest BCUT2D eigenvalue weighted by Crippen LogP contribution is -2.37. The summed E-state index contributed by atoms with van der Waals surface area (Å²) < 4.78 is 0. The van der Waals surface area contributed by atoms with E-state index < -0.39 is 12.1 Å². The molecule has 0 bridgehead atoms. The van der Waals surface area contributed by atoms with E-state index in [0.717, 1.165) is 0 Å². The first-order valence-electron chi connectivity index (χ1n) is 6.08. The van der Waals surface area contributed by atoms with Crippen LogP contribution in [0.25, 0.3) is 0 Å². The average molecular weight is 292 g/mol. The molecule has 1 aromatic carbocycles. The van der Waals surface area contributed by atoms with Gasteiger partial charge < -0.3 is 10.4 Å². The summed E-state index contributed by atoms with van der Waals surface area (Å²) in [5, 5.41) is 13.5. The molecule has 1 heterocycles. The van der Waals surface area contributed by atoms with Crippen molar-refractivity contribution in [3.63, 3.8) is 0 Å². The summed E-state index contributed by atoms with van der Waals surface area (Å²) in [6, 6.07) is 6.36. The highest BCUT2D eigenvalue weighted by molar-refractivity contribution is 6.30. The molecule has 6 heteroatoms. The molecule has 0 radical (unpaired) electrons. The fraction of sp³-hybridized carbons (Fsp3) is 0.214. The molecule has 104 valence electrons. The Morgan fingerprint density at radius 3 is 2.60 bits per heavy atom. The zero-order valence-corrected chi connectivity index (χ0v) is 11.6. The van der Waals surface area contributed by atoms with Gasteiger partial charge in [0.2, 0.25) is 0 Å². The minimum atomic E-state index is -0.826. The molecule has 2 rings (SSSR count). The molecule has 1 aromatic heterocycles. The summed E-state index contributed by atoms with van der Waals surface area (Å²) in [7, 11) is 0. The van der Waals surface area contributed by atoms with E-state index in [1.54, 1.807) is 31.2 Å². The standard InChI is InChI=1S/C14H14ClN3O2/c1-9(13(19)10-2-4-11(15)5-3-10)18-14(20)12-8-16-6-7-17-12/h2-9,13,19H,1H3,(H,18,20). The van der Waals surface area contributed by atoms with Crippen molar-refractivity contribution in [2.24, 2.45) is 0 Å². The SMILES string of the molecule is CC(NC(=O)c1cnccn1)C(O)c1ccc(Cl)cc1. The number of hydrogen-bond acceptors (Lipinski definition) is 4. The molecule has 2 atom stereocenters. The lowest BCUT2D eigenvalue weighted by Gasteiger charge is -2.20. The van der Waals surface area contributed by atoms with Gasteiger partial charge in [0.1, 0.15) is 5.69 Å². The van der Waals surface area contributed by atoms with E-state index in [1.807, 2.05) is 0 Å². The van der Waals surface area contributed by atoms with E-state index in [-0.39, 0.29) is 11.6 Å². The Kier molecular flexibility index (Phi) is 4.65. The van der Waals surface area contributed by atoms with Gasteiger partial charge in [-0.05, 0) is 24.6 Å². The van der Waals surface area contributed by atoms with E-state index in [0.29, 0.717) is 10.6 Å². The van der Waals surface area contributed by atoms with Crippen LogP contribution in [0.5, 0.6) is 0 Å². The lowest BCUT2D eigenvalue weighted by atomic mass is 10.0. The molecule has 0 saturated carbocycles. The van der Waals surface area contributed by atoms with Crippen LogP contribution < -0.4 is 5.32 Å². The van der Waals surface area contributed by atoms with Gasteiger partial charge in [-0.3, -0.25) is 9.78 Å².